The van der Waals surface area contributed by atoms with Gasteiger partial charge in [-0.15, -0.1) is 0 Å². The molecule has 3 aromatic carbocycles. The van der Waals surface area contributed by atoms with Crippen molar-refractivity contribution in [2.24, 2.45) is 0 Å². The summed E-state index contributed by atoms with van der Waals surface area (Å²) in [7, 11) is 0. The fraction of sp³-hybridized carbons (Fsp3) is 0. The summed E-state index contributed by atoms with van der Waals surface area (Å²) in [5.41, 5.74) is 1.54. The zero-order chi connectivity index (χ0) is 15.0. The van der Waals surface area contributed by atoms with Crippen molar-refractivity contribution >= 4 is 16.5 Å². The van der Waals surface area contributed by atoms with Crippen molar-refractivity contribution in [2.75, 3.05) is 0 Å². The number of halogens is 2. The molecule has 0 fully saturated rings. The first kappa shape index (κ1) is 13.3. The van der Waals surface area contributed by atoms with Gasteiger partial charge in [-0.1, -0.05) is 36.9 Å². The summed E-state index contributed by atoms with van der Waals surface area (Å²) in [4.78, 5) is 0. The highest BCUT2D eigenvalue weighted by Gasteiger charge is 2.10. The zero-order valence-corrected chi connectivity index (χ0v) is 11.1. The van der Waals surface area contributed by atoms with Crippen molar-refractivity contribution in [3.8, 4) is 11.1 Å². The summed E-state index contributed by atoms with van der Waals surface area (Å²) >= 11 is 0. The van der Waals surface area contributed by atoms with Gasteiger partial charge >= 0.3 is 0 Å². The highest BCUT2D eigenvalue weighted by Crippen LogP contribution is 2.32. The maximum Gasteiger partial charge on any atom is 0.133 e. The van der Waals surface area contributed by atoms with Crippen molar-refractivity contribution in [1.82, 2.24) is 0 Å². The molecule has 0 aliphatic carbocycles. The van der Waals surface area contributed by atoms with Gasteiger partial charge in [-0.3, -0.25) is 0 Å². The molecule has 104 valence electrons. The lowest BCUT2D eigenvalue weighted by molar-refractivity contribution is 0.514. The van der Waals surface area contributed by atoms with Gasteiger partial charge in [-0.05, 0) is 34.5 Å². The molecule has 0 aliphatic heterocycles. The lowest BCUT2D eigenvalue weighted by Crippen LogP contribution is -1.89. The normalized spacial score (nSPS) is 10.8. The van der Waals surface area contributed by atoms with E-state index in [1.54, 1.807) is 18.2 Å². The Hall–Kier alpha value is -2.68. The molecule has 0 atom stereocenters. The summed E-state index contributed by atoms with van der Waals surface area (Å²) in [6.45, 7) is 3.50. The molecule has 0 spiro atoms. The highest BCUT2D eigenvalue weighted by molar-refractivity contribution is 5.98. The summed E-state index contributed by atoms with van der Waals surface area (Å²) in [6.07, 6.45) is 0. The van der Waals surface area contributed by atoms with Crippen LogP contribution in [-0.2, 0) is 0 Å². The lowest BCUT2D eigenvalue weighted by Gasteiger charge is -2.09. The monoisotopic (exact) mass is 282 g/mol. The first-order valence-electron chi connectivity index (χ1n) is 6.43. The van der Waals surface area contributed by atoms with Crippen LogP contribution >= 0.6 is 0 Å². The van der Waals surface area contributed by atoms with E-state index in [4.69, 9.17) is 0 Å². The third-order valence-corrected chi connectivity index (χ3v) is 3.44. The lowest BCUT2D eigenvalue weighted by atomic mass is 9.96. The smallest absolute Gasteiger partial charge is 0.133 e. The minimum atomic E-state index is -0.615. The minimum Gasteiger partial charge on any atom is -0.508 e. The second-order valence-electron chi connectivity index (χ2n) is 4.81. The van der Waals surface area contributed by atoms with Crippen molar-refractivity contribution in [2.45, 2.75) is 0 Å². The van der Waals surface area contributed by atoms with Crippen LogP contribution in [0.25, 0.3) is 27.7 Å². The van der Waals surface area contributed by atoms with Gasteiger partial charge in [-0.25, -0.2) is 8.78 Å². The summed E-state index contributed by atoms with van der Waals surface area (Å²) < 4.78 is 27.1. The molecule has 0 saturated heterocycles. The summed E-state index contributed by atoms with van der Waals surface area (Å²) in [5, 5.41) is 11.2. The molecular weight excluding hydrogens is 270 g/mol. The third kappa shape index (κ3) is 2.38. The van der Waals surface area contributed by atoms with E-state index in [1.165, 1.54) is 12.1 Å². The first-order chi connectivity index (χ1) is 10.1. The largest absolute Gasteiger partial charge is 0.508 e. The molecule has 0 bridgehead atoms. The van der Waals surface area contributed by atoms with E-state index in [9.17, 15) is 13.9 Å². The fourth-order valence-electron chi connectivity index (χ4n) is 2.39. The van der Waals surface area contributed by atoms with E-state index in [-0.39, 0.29) is 5.76 Å². The van der Waals surface area contributed by atoms with E-state index in [0.717, 1.165) is 16.8 Å². The molecule has 3 heteroatoms. The van der Waals surface area contributed by atoms with E-state index in [0.29, 0.717) is 16.7 Å². The van der Waals surface area contributed by atoms with Crippen LogP contribution in [0.4, 0.5) is 8.78 Å². The van der Waals surface area contributed by atoms with Gasteiger partial charge in [0.15, 0.2) is 0 Å². The van der Waals surface area contributed by atoms with Gasteiger partial charge in [0.05, 0.1) is 0 Å². The Kier molecular flexibility index (Phi) is 3.18. The molecule has 1 nitrogen and oxygen atoms in total. The third-order valence-electron chi connectivity index (χ3n) is 3.44. The van der Waals surface area contributed by atoms with Crippen LogP contribution in [0.5, 0.6) is 0 Å². The predicted molar refractivity (Wildman–Crippen MR) is 81.0 cm³/mol. The molecule has 0 radical (unpaired) electrons. The fourth-order valence-corrected chi connectivity index (χ4v) is 2.39. The molecule has 0 saturated carbocycles. The number of hydrogen-bond donors (Lipinski definition) is 1. The second-order valence-corrected chi connectivity index (χ2v) is 4.81. The van der Waals surface area contributed by atoms with Gasteiger partial charge in [0, 0.05) is 17.2 Å². The van der Waals surface area contributed by atoms with E-state index in [2.05, 4.69) is 6.58 Å². The Labute approximate surface area is 120 Å². The highest BCUT2D eigenvalue weighted by atomic mass is 19.1. The standard InChI is InChI=1S/C18H12F2O/c1-11(21)13-6-5-12-3-2-4-15(17(12)9-13)16-8-7-14(19)10-18(16)20/h2-10,21H,1H2. The Balaban J connectivity index is 2.31. The first-order valence-corrected chi connectivity index (χ1v) is 6.43. The zero-order valence-electron chi connectivity index (χ0n) is 11.1. The van der Waals surface area contributed by atoms with E-state index in [1.807, 2.05) is 18.2 Å². The van der Waals surface area contributed by atoms with Crippen LogP contribution in [-0.4, -0.2) is 5.11 Å². The van der Waals surface area contributed by atoms with E-state index < -0.39 is 11.6 Å². The number of aliphatic hydroxyl groups is 1. The number of benzene rings is 3. The number of rotatable bonds is 2. The maximum absolute atomic E-state index is 14.0. The summed E-state index contributed by atoms with van der Waals surface area (Å²) in [6, 6.07) is 14.3. The van der Waals surface area contributed by atoms with Crippen LogP contribution in [0.3, 0.4) is 0 Å². The maximum atomic E-state index is 14.0. The van der Waals surface area contributed by atoms with Crippen molar-refractivity contribution < 1.29 is 13.9 Å². The predicted octanol–water partition coefficient (Wildman–Crippen LogP) is 5.31. The molecule has 3 rings (SSSR count). The Morgan fingerprint density at radius 2 is 1.71 bits per heavy atom. The number of hydrogen-bond acceptors (Lipinski definition) is 1. The average Bonchev–Trinajstić information content (AvgIpc) is 2.46. The van der Waals surface area contributed by atoms with Crippen molar-refractivity contribution in [3.63, 3.8) is 0 Å². The average molecular weight is 282 g/mol. The van der Waals surface area contributed by atoms with Crippen LogP contribution in [0.1, 0.15) is 5.56 Å². The molecule has 0 unspecified atom stereocenters. The minimum absolute atomic E-state index is 0.0497. The van der Waals surface area contributed by atoms with Crippen molar-refractivity contribution in [3.05, 3.63) is 78.4 Å². The van der Waals surface area contributed by atoms with Crippen LogP contribution in [0.15, 0.2) is 61.2 Å². The molecule has 0 aliphatic rings. The second kappa shape index (κ2) is 5.02. The SMILES string of the molecule is C=C(O)c1ccc2cccc(-c3ccc(F)cc3F)c2c1. The van der Waals surface area contributed by atoms with Gasteiger partial charge in [0.25, 0.3) is 0 Å². The van der Waals surface area contributed by atoms with Gasteiger partial charge in [0.2, 0.25) is 0 Å². The van der Waals surface area contributed by atoms with Gasteiger partial charge in [-0.2, -0.15) is 0 Å². The molecule has 0 heterocycles. The molecule has 0 aromatic heterocycles. The van der Waals surface area contributed by atoms with Crippen LogP contribution < -0.4 is 0 Å². The number of fused-ring (bicyclic) bond motifs is 1. The molecule has 21 heavy (non-hydrogen) atoms. The summed E-state index contributed by atoms with van der Waals surface area (Å²) in [5.74, 6) is -1.28. The Bertz CT molecular complexity index is 853. The van der Waals surface area contributed by atoms with Gasteiger partial charge < -0.3 is 5.11 Å². The molecular formula is C18H12F2O. The quantitative estimate of drug-likeness (QED) is 0.631. The molecule has 1 N–H and O–H groups in total. The Morgan fingerprint density at radius 1 is 0.905 bits per heavy atom. The topological polar surface area (TPSA) is 20.2 Å². The van der Waals surface area contributed by atoms with E-state index >= 15 is 0 Å². The van der Waals surface area contributed by atoms with Crippen LogP contribution in [0.2, 0.25) is 0 Å². The number of aliphatic hydroxyl groups excluding tert-OH is 1. The molecule has 3 aromatic rings. The van der Waals surface area contributed by atoms with Gasteiger partial charge in [0.1, 0.15) is 17.4 Å². The Morgan fingerprint density at radius 3 is 2.43 bits per heavy atom. The molecule has 0 amide bonds. The van der Waals surface area contributed by atoms with Crippen LogP contribution in [0, 0.1) is 11.6 Å². The van der Waals surface area contributed by atoms with Crippen molar-refractivity contribution in [1.29, 1.82) is 0 Å².